The smallest absolute Gasteiger partial charge is 0.0767 e. The maximum absolute atomic E-state index is 12.6. The van der Waals surface area contributed by atoms with Crippen LogP contribution in [-0.4, -0.2) is 14.0 Å². The lowest BCUT2D eigenvalue weighted by molar-refractivity contribution is 0.675. The monoisotopic (exact) mass is 355 g/mol. The van der Waals surface area contributed by atoms with Gasteiger partial charge in [-0.3, -0.25) is 8.89 Å². The van der Waals surface area contributed by atoms with Gasteiger partial charge < -0.3 is 5.73 Å². The van der Waals surface area contributed by atoms with Crippen molar-refractivity contribution in [3.05, 3.63) is 39.6 Å². The van der Waals surface area contributed by atoms with E-state index >= 15 is 0 Å². The molecule has 0 saturated carbocycles. The highest BCUT2D eigenvalue weighted by molar-refractivity contribution is 9.10. The van der Waals surface area contributed by atoms with E-state index in [1.807, 2.05) is 33.0 Å². The lowest BCUT2D eigenvalue weighted by Crippen LogP contribution is -2.06. The molecule has 0 aliphatic carbocycles. The van der Waals surface area contributed by atoms with Gasteiger partial charge in [0.15, 0.2) is 0 Å². The van der Waals surface area contributed by atoms with E-state index in [0.29, 0.717) is 16.3 Å². The van der Waals surface area contributed by atoms with E-state index in [2.05, 4.69) is 21.0 Å². The van der Waals surface area contributed by atoms with Crippen LogP contribution >= 0.6 is 15.9 Å². The standard InChI is InChI=1S/C14H18BrN3OS/c1-4-11-14(15)12(18(3)17-11)8-20(19)13-7-9(2)5-6-10(13)16/h5-7H,4,8,16H2,1-3H3. The van der Waals surface area contributed by atoms with E-state index in [1.54, 1.807) is 10.7 Å². The lowest BCUT2D eigenvalue weighted by Gasteiger charge is -2.08. The highest BCUT2D eigenvalue weighted by Crippen LogP contribution is 2.26. The van der Waals surface area contributed by atoms with Gasteiger partial charge in [-0.05, 0) is 47.0 Å². The van der Waals surface area contributed by atoms with Gasteiger partial charge in [-0.1, -0.05) is 13.0 Å². The van der Waals surface area contributed by atoms with Gasteiger partial charge in [-0.15, -0.1) is 0 Å². The second kappa shape index (κ2) is 6.10. The first-order valence-corrected chi connectivity index (χ1v) is 8.50. The molecule has 1 atom stereocenters. The van der Waals surface area contributed by atoms with Crippen LogP contribution < -0.4 is 5.73 Å². The summed E-state index contributed by atoms with van der Waals surface area (Å²) in [7, 11) is 0.690. The normalized spacial score (nSPS) is 12.6. The van der Waals surface area contributed by atoms with Crippen LogP contribution in [0.2, 0.25) is 0 Å². The molecule has 6 heteroatoms. The number of nitrogens with zero attached hydrogens (tertiary/aromatic N) is 2. The van der Waals surface area contributed by atoms with Gasteiger partial charge in [0.05, 0.1) is 37.3 Å². The van der Waals surface area contributed by atoms with Crippen LogP contribution in [-0.2, 0) is 30.0 Å². The molecule has 1 aromatic carbocycles. The summed E-state index contributed by atoms with van der Waals surface area (Å²) in [5.74, 6) is 0.401. The van der Waals surface area contributed by atoms with Gasteiger partial charge >= 0.3 is 0 Å². The molecule has 4 nitrogen and oxygen atoms in total. The minimum atomic E-state index is -1.18. The van der Waals surface area contributed by atoms with E-state index in [-0.39, 0.29) is 0 Å². The number of aryl methyl sites for hydroxylation is 3. The molecule has 0 radical (unpaired) electrons. The van der Waals surface area contributed by atoms with Gasteiger partial charge in [0, 0.05) is 12.7 Å². The Morgan fingerprint density at radius 1 is 1.45 bits per heavy atom. The quantitative estimate of drug-likeness (QED) is 0.857. The second-order valence-corrected chi connectivity index (χ2v) is 6.93. The number of nitrogens with two attached hydrogens (primary N) is 1. The van der Waals surface area contributed by atoms with Crippen molar-refractivity contribution < 1.29 is 4.21 Å². The van der Waals surface area contributed by atoms with Crippen molar-refractivity contribution in [2.24, 2.45) is 7.05 Å². The number of aromatic nitrogens is 2. The highest BCUT2D eigenvalue weighted by Gasteiger charge is 2.17. The summed E-state index contributed by atoms with van der Waals surface area (Å²) in [5.41, 5.74) is 9.47. The van der Waals surface area contributed by atoms with Gasteiger partial charge in [0.2, 0.25) is 0 Å². The average molecular weight is 356 g/mol. The van der Waals surface area contributed by atoms with Crippen LogP contribution in [0.3, 0.4) is 0 Å². The Kier molecular flexibility index (Phi) is 4.65. The molecule has 0 aliphatic rings. The molecular weight excluding hydrogens is 338 g/mol. The van der Waals surface area contributed by atoms with E-state index in [4.69, 9.17) is 5.73 Å². The first-order valence-electron chi connectivity index (χ1n) is 6.38. The van der Waals surface area contributed by atoms with Crippen molar-refractivity contribution in [1.29, 1.82) is 0 Å². The molecular formula is C14H18BrN3OS. The molecule has 1 aromatic heterocycles. The predicted octanol–water partition coefficient (Wildman–Crippen LogP) is 2.94. The maximum Gasteiger partial charge on any atom is 0.0767 e. The van der Waals surface area contributed by atoms with Crippen molar-refractivity contribution in [2.75, 3.05) is 5.73 Å². The molecule has 0 amide bonds. The Bertz CT molecular complexity index is 667. The average Bonchev–Trinajstić information content (AvgIpc) is 2.68. The van der Waals surface area contributed by atoms with Gasteiger partial charge in [0.1, 0.15) is 0 Å². The zero-order valence-corrected chi connectivity index (χ0v) is 14.2. The van der Waals surface area contributed by atoms with Gasteiger partial charge in [-0.2, -0.15) is 5.10 Å². The molecule has 108 valence electrons. The van der Waals surface area contributed by atoms with Gasteiger partial charge in [-0.25, -0.2) is 0 Å². The van der Waals surface area contributed by atoms with Crippen LogP contribution in [0.15, 0.2) is 27.6 Å². The van der Waals surface area contributed by atoms with Crippen molar-refractivity contribution in [1.82, 2.24) is 9.78 Å². The molecule has 1 unspecified atom stereocenters. The van der Waals surface area contributed by atoms with Crippen molar-refractivity contribution in [3.63, 3.8) is 0 Å². The van der Waals surface area contributed by atoms with E-state index < -0.39 is 10.8 Å². The predicted molar refractivity (Wildman–Crippen MR) is 86.0 cm³/mol. The third-order valence-electron chi connectivity index (χ3n) is 3.19. The number of rotatable bonds is 4. The van der Waals surface area contributed by atoms with Crippen LogP contribution in [0.1, 0.15) is 23.9 Å². The van der Waals surface area contributed by atoms with Crippen LogP contribution in [0.5, 0.6) is 0 Å². The molecule has 0 fully saturated rings. The summed E-state index contributed by atoms with van der Waals surface area (Å²) in [6.45, 7) is 4.02. The molecule has 0 aliphatic heterocycles. The molecule has 0 spiro atoms. The Morgan fingerprint density at radius 3 is 2.75 bits per heavy atom. The third kappa shape index (κ3) is 2.96. The summed E-state index contributed by atoms with van der Waals surface area (Å²) in [4.78, 5) is 0.691. The molecule has 0 bridgehead atoms. The van der Waals surface area contributed by atoms with Gasteiger partial charge in [0.25, 0.3) is 0 Å². The zero-order valence-electron chi connectivity index (χ0n) is 11.8. The highest BCUT2D eigenvalue weighted by atomic mass is 79.9. The molecule has 0 saturated heterocycles. The largest absolute Gasteiger partial charge is 0.398 e. The Morgan fingerprint density at radius 2 is 2.15 bits per heavy atom. The Labute approximate surface area is 130 Å². The molecule has 20 heavy (non-hydrogen) atoms. The maximum atomic E-state index is 12.6. The summed E-state index contributed by atoms with van der Waals surface area (Å²) in [6.07, 6.45) is 0.841. The van der Waals surface area contributed by atoms with Crippen LogP contribution in [0.4, 0.5) is 5.69 Å². The fourth-order valence-electron chi connectivity index (χ4n) is 2.02. The molecule has 2 rings (SSSR count). The fraction of sp³-hybridized carbons (Fsp3) is 0.357. The summed E-state index contributed by atoms with van der Waals surface area (Å²) >= 11 is 3.55. The second-order valence-electron chi connectivity index (χ2n) is 4.72. The molecule has 2 aromatic rings. The summed E-state index contributed by atoms with van der Waals surface area (Å²) < 4.78 is 15.3. The van der Waals surface area contributed by atoms with Crippen molar-refractivity contribution in [3.8, 4) is 0 Å². The van der Waals surface area contributed by atoms with Crippen molar-refractivity contribution in [2.45, 2.75) is 30.9 Å². The summed E-state index contributed by atoms with van der Waals surface area (Å²) in [6, 6.07) is 5.61. The number of benzene rings is 1. The van der Waals surface area contributed by atoms with Crippen molar-refractivity contribution >= 4 is 32.4 Å². The number of hydrogen-bond acceptors (Lipinski definition) is 3. The number of nitrogen functional groups attached to an aromatic ring is 1. The molecule has 1 heterocycles. The minimum absolute atomic E-state index is 0.401. The van der Waals surface area contributed by atoms with Crippen LogP contribution in [0.25, 0.3) is 0 Å². The van der Waals surface area contributed by atoms with Crippen LogP contribution in [0, 0.1) is 6.92 Å². The Hall–Kier alpha value is -1.14. The number of halogens is 1. The number of anilines is 1. The Balaban J connectivity index is 2.33. The minimum Gasteiger partial charge on any atom is -0.398 e. The first kappa shape index (κ1) is 15.3. The fourth-order valence-corrected chi connectivity index (χ4v) is 4.34. The number of hydrogen-bond donors (Lipinski definition) is 1. The topological polar surface area (TPSA) is 60.9 Å². The summed E-state index contributed by atoms with van der Waals surface area (Å²) in [5, 5.41) is 4.42. The van der Waals surface area contributed by atoms with E-state index in [0.717, 1.165) is 27.8 Å². The van der Waals surface area contributed by atoms with E-state index in [1.165, 1.54) is 0 Å². The third-order valence-corrected chi connectivity index (χ3v) is 5.48. The van der Waals surface area contributed by atoms with E-state index in [9.17, 15) is 4.21 Å². The first-order chi connectivity index (χ1) is 9.43. The lowest BCUT2D eigenvalue weighted by atomic mass is 10.2. The zero-order chi connectivity index (χ0) is 14.9. The molecule has 2 N–H and O–H groups in total. The SMILES string of the molecule is CCc1nn(C)c(CS(=O)c2cc(C)ccc2N)c1Br.